The Balaban J connectivity index is 1.49. The van der Waals surface area contributed by atoms with E-state index in [-0.39, 0.29) is 5.91 Å². The first-order chi connectivity index (χ1) is 14.5. The van der Waals surface area contributed by atoms with Crippen molar-refractivity contribution in [3.63, 3.8) is 0 Å². The molecule has 7 heteroatoms. The third-order valence-corrected chi connectivity index (χ3v) is 5.07. The molecule has 30 heavy (non-hydrogen) atoms. The summed E-state index contributed by atoms with van der Waals surface area (Å²) in [4.78, 5) is 17.1. The first-order valence-electron chi connectivity index (χ1n) is 9.72. The summed E-state index contributed by atoms with van der Waals surface area (Å²) >= 11 is 6.22. The van der Waals surface area contributed by atoms with E-state index in [0.717, 1.165) is 22.8 Å². The zero-order valence-corrected chi connectivity index (χ0v) is 17.5. The second kappa shape index (κ2) is 8.55. The topological polar surface area (TPSA) is 64.7 Å². The number of nitrogens with one attached hydrogen (secondary N) is 1. The highest BCUT2D eigenvalue weighted by atomic mass is 35.5. The van der Waals surface area contributed by atoms with Gasteiger partial charge in [-0.3, -0.25) is 4.79 Å². The lowest BCUT2D eigenvalue weighted by Gasteiger charge is -2.11. The number of amides is 1. The van der Waals surface area contributed by atoms with Crippen LogP contribution in [0.1, 0.15) is 41.5 Å². The Labute approximate surface area is 180 Å². The van der Waals surface area contributed by atoms with Gasteiger partial charge < -0.3 is 9.88 Å². The Morgan fingerprint density at radius 2 is 2.00 bits per heavy atom. The maximum Gasteiger partial charge on any atom is 0.258 e. The van der Waals surface area contributed by atoms with Gasteiger partial charge in [0.15, 0.2) is 0 Å². The van der Waals surface area contributed by atoms with Gasteiger partial charge in [-0.15, -0.1) is 0 Å². The molecule has 0 aliphatic rings. The second-order valence-electron chi connectivity index (χ2n) is 7.35. The molecular weight excluding hydrogens is 398 g/mol. The molecule has 0 radical (unpaired) electrons. The number of imidazole rings is 1. The Morgan fingerprint density at radius 3 is 2.80 bits per heavy atom. The number of aromatic nitrogens is 4. The lowest BCUT2D eigenvalue weighted by Crippen LogP contribution is -2.12. The first-order valence-corrected chi connectivity index (χ1v) is 10.1. The molecule has 0 saturated carbocycles. The largest absolute Gasteiger partial charge is 0.330 e. The number of carbonyl (C=O) groups is 1. The Kier molecular flexibility index (Phi) is 5.68. The van der Waals surface area contributed by atoms with Gasteiger partial charge in [-0.2, -0.15) is 5.10 Å². The van der Waals surface area contributed by atoms with Crippen molar-refractivity contribution in [1.29, 1.82) is 0 Å². The van der Waals surface area contributed by atoms with E-state index in [4.69, 9.17) is 11.6 Å². The molecule has 152 valence electrons. The van der Waals surface area contributed by atoms with Crippen molar-refractivity contribution in [1.82, 2.24) is 19.3 Å². The van der Waals surface area contributed by atoms with E-state index in [9.17, 15) is 4.79 Å². The van der Waals surface area contributed by atoms with E-state index in [2.05, 4.69) is 33.8 Å². The average Bonchev–Trinajstić information content (AvgIpc) is 3.38. The first kappa shape index (κ1) is 19.9. The van der Waals surface area contributed by atoms with Crippen LogP contribution in [0, 0.1) is 0 Å². The predicted molar refractivity (Wildman–Crippen MR) is 118 cm³/mol. The molecule has 1 N–H and O–H groups in total. The molecule has 0 spiro atoms. The summed E-state index contributed by atoms with van der Waals surface area (Å²) in [5.74, 6) is 1.16. The van der Waals surface area contributed by atoms with Gasteiger partial charge in [-0.25, -0.2) is 9.67 Å². The zero-order valence-electron chi connectivity index (χ0n) is 16.8. The third-order valence-electron chi connectivity index (χ3n) is 4.75. The SMILES string of the molecule is CC(C)c1nccn1Cc1cccc(NC(=O)c2cnn(-c3ccccc3Cl)c2)c1. The van der Waals surface area contributed by atoms with Crippen molar-refractivity contribution < 1.29 is 4.79 Å². The van der Waals surface area contributed by atoms with Gasteiger partial charge >= 0.3 is 0 Å². The van der Waals surface area contributed by atoms with E-state index in [1.54, 1.807) is 16.9 Å². The number of carbonyl (C=O) groups excluding carboxylic acids is 1. The number of hydrogen-bond donors (Lipinski definition) is 1. The smallest absolute Gasteiger partial charge is 0.258 e. The van der Waals surface area contributed by atoms with Gasteiger partial charge in [-0.1, -0.05) is 49.7 Å². The molecule has 6 nitrogen and oxygen atoms in total. The van der Waals surface area contributed by atoms with Crippen LogP contribution in [-0.4, -0.2) is 25.2 Å². The maximum absolute atomic E-state index is 12.7. The van der Waals surface area contributed by atoms with Crippen molar-refractivity contribution in [2.75, 3.05) is 5.32 Å². The molecule has 0 bridgehead atoms. The second-order valence-corrected chi connectivity index (χ2v) is 7.75. The summed E-state index contributed by atoms with van der Waals surface area (Å²) in [6.07, 6.45) is 6.99. The van der Waals surface area contributed by atoms with E-state index >= 15 is 0 Å². The van der Waals surface area contributed by atoms with Crippen molar-refractivity contribution in [3.8, 4) is 5.69 Å². The zero-order chi connectivity index (χ0) is 21.1. The molecule has 0 saturated heterocycles. The summed E-state index contributed by atoms with van der Waals surface area (Å²) in [6, 6.07) is 15.2. The Bertz CT molecular complexity index is 1180. The molecule has 0 fully saturated rings. The fourth-order valence-corrected chi connectivity index (χ4v) is 3.53. The van der Waals surface area contributed by atoms with Crippen molar-refractivity contribution in [3.05, 3.63) is 95.3 Å². The summed E-state index contributed by atoms with van der Waals surface area (Å²) in [5, 5.41) is 7.78. The van der Waals surface area contributed by atoms with E-state index < -0.39 is 0 Å². The van der Waals surface area contributed by atoms with E-state index in [1.165, 1.54) is 6.20 Å². The highest BCUT2D eigenvalue weighted by molar-refractivity contribution is 6.32. The van der Waals surface area contributed by atoms with Crippen LogP contribution in [-0.2, 0) is 6.54 Å². The van der Waals surface area contributed by atoms with Gasteiger partial charge in [0.25, 0.3) is 5.91 Å². The fourth-order valence-electron chi connectivity index (χ4n) is 3.31. The van der Waals surface area contributed by atoms with Gasteiger partial charge in [0, 0.05) is 36.7 Å². The third kappa shape index (κ3) is 4.28. The lowest BCUT2D eigenvalue weighted by atomic mass is 10.1. The number of para-hydroxylation sites is 1. The number of hydrogen-bond acceptors (Lipinski definition) is 3. The standard InChI is InChI=1S/C23H22ClN5O/c1-16(2)22-25-10-11-28(22)14-17-6-5-7-19(12-17)27-23(30)18-13-26-29(15-18)21-9-4-3-8-20(21)24/h3-13,15-16H,14H2,1-2H3,(H,27,30). The van der Waals surface area contributed by atoms with Crippen molar-refractivity contribution in [2.24, 2.45) is 0 Å². The maximum atomic E-state index is 12.7. The molecule has 0 unspecified atom stereocenters. The minimum Gasteiger partial charge on any atom is -0.330 e. The molecule has 2 heterocycles. The summed E-state index contributed by atoms with van der Waals surface area (Å²) in [6.45, 7) is 4.94. The monoisotopic (exact) mass is 419 g/mol. The van der Waals surface area contributed by atoms with Crippen LogP contribution in [0.3, 0.4) is 0 Å². The molecule has 0 aliphatic heterocycles. The average molecular weight is 420 g/mol. The van der Waals surface area contributed by atoms with E-state index in [1.807, 2.05) is 54.9 Å². The van der Waals surface area contributed by atoms with Crippen LogP contribution in [0.2, 0.25) is 5.02 Å². The molecule has 0 aliphatic carbocycles. The van der Waals surface area contributed by atoms with Crippen LogP contribution in [0.5, 0.6) is 0 Å². The molecule has 2 aromatic heterocycles. The number of rotatable bonds is 6. The normalized spacial score (nSPS) is 11.1. The lowest BCUT2D eigenvalue weighted by molar-refractivity contribution is 0.102. The van der Waals surface area contributed by atoms with Crippen molar-refractivity contribution >= 4 is 23.2 Å². The van der Waals surface area contributed by atoms with Gasteiger partial charge in [0.2, 0.25) is 0 Å². The summed E-state index contributed by atoms with van der Waals surface area (Å²) < 4.78 is 3.72. The molecule has 0 atom stereocenters. The molecule has 4 rings (SSSR count). The van der Waals surface area contributed by atoms with E-state index in [0.29, 0.717) is 23.0 Å². The summed E-state index contributed by atoms with van der Waals surface area (Å²) in [7, 11) is 0. The predicted octanol–water partition coefficient (Wildman–Crippen LogP) is 5.15. The summed E-state index contributed by atoms with van der Waals surface area (Å²) in [5.41, 5.74) is 2.99. The van der Waals surface area contributed by atoms with Gasteiger partial charge in [-0.05, 0) is 29.8 Å². The number of benzene rings is 2. The molecular formula is C23H22ClN5O. The van der Waals surface area contributed by atoms with Crippen LogP contribution >= 0.6 is 11.6 Å². The van der Waals surface area contributed by atoms with Crippen LogP contribution < -0.4 is 5.32 Å². The van der Waals surface area contributed by atoms with Crippen LogP contribution in [0.25, 0.3) is 5.69 Å². The number of halogens is 1. The highest BCUT2D eigenvalue weighted by Gasteiger charge is 2.12. The minimum absolute atomic E-state index is 0.226. The molecule has 1 amide bonds. The minimum atomic E-state index is -0.226. The fraction of sp³-hybridized carbons (Fsp3) is 0.174. The van der Waals surface area contributed by atoms with Crippen molar-refractivity contribution in [2.45, 2.75) is 26.3 Å². The number of nitrogens with zero attached hydrogens (tertiary/aromatic N) is 4. The Morgan fingerprint density at radius 1 is 1.17 bits per heavy atom. The van der Waals surface area contributed by atoms with Crippen LogP contribution in [0.4, 0.5) is 5.69 Å². The molecule has 2 aromatic carbocycles. The Hall–Kier alpha value is -3.38. The highest BCUT2D eigenvalue weighted by Crippen LogP contribution is 2.20. The number of anilines is 1. The van der Waals surface area contributed by atoms with Gasteiger partial charge in [0.05, 0.1) is 22.5 Å². The van der Waals surface area contributed by atoms with Gasteiger partial charge in [0.1, 0.15) is 5.82 Å². The quantitative estimate of drug-likeness (QED) is 0.470. The molecule has 4 aromatic rings. The van der Waals surface area contributed by atoms with Crippen LogP contribution in [0.15, 0.2) is 73.3 Å².